The highest BCUT2D eigenvalue weighted by Gasteiger charge is 2.40. The highest BCUT2D eigenvalue weighted by Crippen LogP contribution is 2.35. The minimum atomic E-state index is -0.204. The normalized spacial score (nSPS) is 22.2. The Bertz CT molecular complexity index is 866. The van der Waals surface area contributed by atoms with Crippen LogP contribution in [0.1, 0.15) is 43.3 Å². The summed E-state index contributed by atoms with van der Waals surface area (Å²) < 4.78 is 5.27. The number of nitrogens with zero attached hydrogens (tertiary/aromatic N) is 5. The van der Waals surface area contributed by atoms with Crippen LogP contribution in [0.25, 0.3) is 11.3 Å². The number of carbonyl (C=O) groups excluding carboxylic acids is 1. The third-order valence-corrected chi connectivity index (χ3v) is 6.65. The molecule has 0 bridgehead atoms. The maximum absolute atomic E-state index is 13.2. The lowest BCUT2D eigenvalue weighted by atomic mass is 9.79. The van der Waals surface area contributed by atoms with Crippen molar-refractivity contribution in [2.75, 3.05) is 33.2 Å². The van der Waals surface area contributed by atoms with Crippen LogP contribution in [0, 0.1) is 25.2 Å². The molecule has 1 amide bonds. The number of aromatic nitrogens is 3. The molecule has 0 radical (unpaired) electrons. The Hall–Kier alpha value is -2.28. The van der Waals surface area contributed by atoms with Crippen molar-refractivity contribution in [3.05, 3.63) is 29.5 Å². The fourth-order valence-electron chi connectivity index (χ4n) is 4.66. The zero-order valence-electron chi connectivity index (χ0n) is 17.9. The summed E-state index contributed by atoms with van der Waals surface area (Å²) in [6, 6.07) is 0. The van der Waals surface area contributed by atoms with Crippen LogP contribution in [0.4, 0.5) is 0 Å². The molecule has 2 aliphatic rings. The van der Waals surface area contributed by atoms with E-state index in [0.29, 0.717) is 11.8 Å². The van der Waals surface area contributed by atoms with Gasteiger partial charge in [0.15, 0.2) is 0 Å². The number of aryl methyl sites for hydroxylation is 2. The number of carbonyl (C=O) groups is 1. The molecule has 0 N–H and O–H groups in total. The molecule has 1 atom stereocenters. The summed E-state index contributed by atoms with van der Waals surface area (Å²) in [5.74, 6) is 1.53. The van der Waals surface area contributed by atoms with Gasteiger partial charge in [-0.1, -0.05) is 12.1 Å². The summed E-state index contributed by atoms with van der Waals surface area (Å²) in [4.78, 5) is 26.8. The molecule has 0 saturated carbocycles. The lowest BCUT2D eigenvalue weighted by molar-refractivity contribution is -0.142. The smallest absolute Gasteiger partial charge is 0.228 e. The van der Waals surface area contributed by atoms with Gasteiger partial charge in [0.2, 0.25) is 5.91 Å². The molecule has 0 aliphatic carbocycles. The van der Waals surface area contributed by atoms with Crippen molar-refractivity contribution in [3.8, 4) is 11.3 Å². The number of hydrogen-bond donors (Lipinski definition) is 0. The van der Waals surface area contributed by atoms with E-state index in [9.17, 15) is 4.79 Å². The number of hydrogen-bond acceptors (Lipinski definition) is 6. The van der Waals surface area contributed by atoms with Crippen LogP contribution in [0.5, 0.6) is 0 Å². The average Bonchev–Trinajstić information content (AvgIpc) is 3.30. The van der Waals surface area contributed by atoms with Crippen molar-refractivity contribution >= 4 is 5.91 Å². The molecule has 0 aromatic carbocycles. The van der Waals surface area contributed by atoms with Crippen LogP contribution in [0.15, 0.2) is 16.9 Å². The Balaban J connectivity index is 1.41. The first-order valence-corrected chi connectivity index (χ1v) is 10.6. The van der Waals surface area contributed by atoms with Crippen LogP contribution in [0.2, 0.25) is 0 Å². The monoisotopic (exact) mass is 397 g/mol. The predicted octanol–water partition coefficient (Wildman–Crippen LogP) is 2.87. The molecule has 2 aromatic heterocycles. The first kappa shape index (κ1) is 20.0. The summed E-state index contributed by atoms with van der Waals surface area (Å²) in [5, 5.41) is 4.02. The summed E-state index contributed by atoms with van der Waals surface area (Å²) in [6.07, 6.45) is 7.38. The average molecular weight is 398 g/mol. The van der Waals surface area contributed by atoms with E-state index in [4.69, 9.17) is 9.51 Å². The van der Waals surface area contributed by atoms with Gasteiger partial charge < -0.3 is 14.3 Å². The zero-order chi connectivity index (χ0) is 20.6. The van der Waals surface area contributed by atoms with E-state index in [-0.39, 0.29) is 5.41 Å². The van der Waals surface area contributed by atoms with Gasteiger partial charge >= 0.3 is 0 Å². The SMILES string of the molecule is Cc1noc(C)c1-c1cncc(C[C@H]2CCN(C(=O)C3(C)CCN(C)CC3)C2)n1. The van der Waals surface area contributed by atoms with Crippen molar-refractivity contribution < 1.29 is 9.32 Å². The summed E-state index contributed by atoms with van der Waals surface area (Å²) in [5.41, 5.74) is 3.33. The van der Waals surface area contributed by atoms with Crippen LogP contribution in [0.3, 0.4) is 0 Å². The lowest BCUT2D eigenvalue weighted by Crippen LogP contribution is -2.47. The van der Waals surface area contributed by atoms with Crippen molar-refractivity contribution in [2.24, 2.45) is 11.3 Å². The largest absolute Gasteiger partial charge is 0.361 e. The van der Waals surface area contributed by atoms with Crippen molar-refractivity contribution in [3.63, 3.8) is 0 Å². The standard InChI is InChI=1S/C22H31N5O2/c1-15-20(16(2)29-25-15)19-13-23-12-18(24-19)11-17-5-8-27(14-17)21(28)22(3)6-9-26(4)10-7-22/h12-13,17H,5-11,14H2,1-4H3/t17-/m1/s1. The van der Waals surface area contributed by atoms with Gasteiger partial charge in [0, 0.05) is 24.7 Å². The van der Waals surface area contributed by atoms with Gasteiger partial charge in [-0.05, 0) is 65.6 Å². The molecule has 2 fully saturated rings. The predicted molar refractivity (Wildman–Crippen MR) is 110 cm³/mol. The molecule has 0 spiro atoms. The molecular formula is C22H31N5O2. The topological polar surface area (TPSA) is 75.4 Å². The third-order valence-electron chi connectivity index (χ3n) is 6.65. The minimum Gasteiger partial charge on any atom is -0.361 e. The highest BCUT2D eigenvalue weighted by atomic mass is 16.5. The zero-order valence-corrected chi connectivity index (χ0v) is 17.9. The molecule has 7 heteroatoms. The quantitative estimate of drug-likeness (QED) is 0.790. The second-order valence-electron chi connectivity index (χ2n) is 9.07. The van der Waals surface area contributed by atoms with E-state index >= 15 is 0 Å². The first-order chi connectivity index (χ1) is 13.9. The summed E-state index contributed by atoms with van der Waals surface area (Å²) >= 11 is 0. The van der Waals surface area contributed by atoms with E-state index in [2.05, 4.69) is 33.9 Å². The van der Waals surface area contributed by atoms with Gasteiger partial charge in [-0.3, -0.25) is 9.78 Å². The molecule has 0 unspecified atom stereocenters. The lowest BCUT2D eigenvalue weighted by Gasteiger charge is -2.39. The van der Waals surface area contributed by atoms with Crippen LogP contribution in [-0.4, -0.2) is 64.1 Å². The van der Waals surface area contributed by atoms with Gasteiger partial charge in [-0.2, -0.15) is 0 Å². The van der Waals surface area contributed by atoms with Gasteiger partial charge in [0.05, 0.1) is 28.8 Å². The molecule has 2 saturated heterocycles. The molecule has 2 aliphatic heterocycles. The van der Waals surface area contributed by atoms with E-state index in [1.54, 1.807) is 6.20 Å². The van der Waals surface area contributed by atoms with E-state index in [1.165, 1.54) is 0 Å². The highest BCUT2D eigenvalue weighted by molar-refractivity contribution is 5.82. The molecular weight excluding hydrogens is 366 g/mol. The summed E-state index contributed by atoms with van der Waals surface area (Å²) in [7, 11) is 2.13. The molecule has 4 rings (SSSR count). The van der Waals surface area contributed by atoms with Gasteiger partial charge in [0.1, 0.15) is 5.76 Å². The van der Waals surface area contributed by atoms with E-state index in [0.717, 1.165) is 80.3 Å². The van der Waals surface area contributed by atoms with Crippen LogP contribution < -0.4 is 0 Å². The number of likely N-dealkylation sites (tertiary alicyclic amines) is 2. The Morgan fingerprint density at radius 2 is 2.00 bits per heavy atom. The van der Waals surface area contributed by atoms with Gasteiger partial charge in [0.25, 0.3) is 0 Å². The summed E-state index contributed by atoms with van der Waals surface area (Å²) in [6.45, 7) is 9.65. The van der Waals surface area contributed by atoms with Gasteiger partial charge in [-0.15, -0.1) is 0 Å². The maximum Gasteiger partial charge on any atom is 0.228 e. The second-order valence-corrected chi connectivity index (χ2v) is 9.07. The molecule has 7 nitrogen and oxygen atoms in total. The number of rotatable bonds is 4. The van der Waals surface area contributed by atoms with Crippen molar-refractivity contribution in [1.29, 1.82) is 0 Å². The number of amides is 1. The molecule has 2 aromatic rings. The number of piperidine rings is 1. The Morgan fingerprint density at radius 1 is 1.24 bits per heavy atom. The molecule has 4 heterocycles. The van der Waals surface area contributed by atoms with E-state index in [1.807, 2.05) is 20.0 Å². The fourth-order valence-corrected chi connectivity index (χ4v) is 4.66. The second kappa shape index (κ2) is 7.86. The minimum absolute atomic E-state index is 0.204. The third kappa shape index (κ3) is 4.06. The molecule has 29 heavy (non-hydrogen) atoms. The Kier molecular flexibility index (Phi) is 5.42. The van der Waals surface area contributed by atoms with Crippen molar-refractivity contribution in [2.45, 2.75) is 46.5 Å². The van der Waals surface area contributed by atoms with Crippen LogP contribution in [-0.2, 0) is 11.2 Å². The molecule has 156 valence electrons. The van der Waals surface area contributed by atoms with Crippen LogP contribution >= 0.6 is 0 Å². The Labute approximate surface area is 172 Å². The van der Waals surface area contributed by atoms with E-state index < -0.39 is 0 Å². The fraction of sp³-hybridized carbons (Fsp3) is 0.636. The Morgan fingerprint density at radius 3 is 2.69 bits per heavy atom. The maximum atomic E-state index is 13.2. The first-order valence-electron chi connectivity index (χ1n) is 10.6. The van der Waals surface area contributed by atoms with Crippen molar-refractivity contribution in [1.82, 2.24) is 24.9 Å². The van der Waals surface area contributed by atoms with Gasteiger partial charge in [-0.25, -0.2) is 4.98 Å².